The molecule has 0 bridgehead atoms. The lowest BCUT2D eigenvalue weighted by Gasteiger charge is -2.10. The van der Waals surface area contributed by atoms with Gasteiger partial charge in [0.15, 0.2) is 0 Å². The summed E-state index contributed by atoms with van der Waals surface area (Å²) in [6.07, 6.45) is 0. The lowest BCUT2D eigenvalue weighted by molar-refractivity contribution is 0.102. The lowest BCUT2D eigenvalue weighted by atomic mass is 10.1. The van der Waals surface area contributed by atoms with Crippen LogP contribution in [0.3, 0.4) is 0 Å². The van der Waals surface area contributed by atoms with Gasteiger partial charge in [-0.05, 0) is 31.2 Å². The van der Waals surface area contributed by atoms with Crippen LogP contribution in [-0.4, -0.2) is 10.9 Å². The van der Waals surface area contributed by atoms with Gasteiger partial charge in [0.1, 0.15) is 0 Å². The number of aromatic nitrogens is 1. The summed E-state index contributed by atoms with van der Waals surface area (Å²) < 4.78 is 0. The first kappa shape index (κ1) is 15.3. The van der Waals surface area contributed by atoms with Crippen molar-refractivity contribution in [3.63, 3.8) is 0 Å². The maximum Gasteiger partial charge on any atom is 0.257 e. The molecule has 1 heterocycles. The zero-order valence-electron chi connectivity index (χ0n) is 12.6. The SMILES string of the molecule is Cc1nc(-c2ccccc2)ccc1C(=O)Nc1ccccc1Cl. The second-order valence-electron chi connectivity index (χ2n) is 5.13. The molecule has 1 amide bonds. The Morgan fingerprint density at radius 2 is 1.65 bits per heavy atom. The monoisotopic (exact) mass is 322 g/mol. The van der Waals surface area contributed by atoms with Crippen LogP contribution in [0.15, 0.2) is 66.7 Å². The molecule has 0 spiro atoms. The molecule has 0 unspecified atom stereocenters. The number of aryl methyl sites for hydroxylation is 1. The summed E-state index contributed by atoms with van der Waals surface area (Å²) in [6, 6.07) is 20.7. The average molecular weight is 323 g/mol. The molecule has 3 nitrogen and oxygen atoms in total. The summed E-state index contributed by atoms with van der Waals surface area (Å²) in [5, 5.41) is 3.32. The molecule has 0 aliphatic rings. The number of pyridine rings is 1. The smallest absolute Gasteiger partial charge is 0.257 e. The Kier molecular flexibility index (Phi) is 4.40. The van der Waals surface area contributed by atoms with Gasteiger partial charge in [-0.2, -0.15) is 0 Å². The second kappa shape index (κ2) is 6.63. The highest BCUT2D eigenvalue weighted by atomic mass is 35.5. The number of anilines is 1. The summed E-state index contributed by atoms with van der Waals surface area (Å²) in [5.74, 6) is -0.220. The van der Waals surface area contributed by atoms with E-state index in [2.05, 4.69) is 10.3 Å². The number of nitrogens with one attached hydrogen (secondary N) is 1. The Balaban J connectivity index is 1.86. The Hall–Kier alpha value is -2.65. The molecule has 0 saturated carbocycles. The summed E-state index contributed by atoms with van der Waals surface area (Å²) in [7, 11) is 0. The van der Waals surface area contributed by atoms with Crippen LogP contribution in [0.4, 0.5) is 5.69 Å². The molecule has 3 aromatic rings. The van der Waals surface area contributed by atoms with Crippen molar-refractivity contribution < 1.29 is 4.79 Å². The molecule has 0 aliphatic heterocycles. The van der Waals surface area contributed by atoms with E-state index in [-0.39, 0.29) is 5.91 Å². The number of hydrogen-bond donors (Lipinski definition) is 1. The molecular formula is C19H15ClN2O. The number of halogens is 1. The van der Waals surface area contributed by atoms with Gasteiger partial charge in [-0.15, -0.1) is 0 Å². The minimum absolute atomic E-state index is 0.220. The molecule has 0 radical (unpaired) electrons. The summed E-state index contributed by atoms with van der Waals surface area (Å²) in [4.78, 5) is 17.0. The molecule has 0 fully saturated rings. The number of carbonyl (C=O) groups is 1. The van der Waals surface area contributed by atoms with Crippen molar-refractivity contribution in [2.24, 2.45) is 0 Å². The maximum atomic E-state index is 12.4. The first-order valence-corrected chi connectivity index (χ1v) is 7.62. The Morgan fingerprint density at radius 1 is 0.957 bits per heavy atom. The number of hydrogen-bond acceptors (Lipinski definition) is 2. The number of rotatable bonds is 3. The normalized spacial score (nSPS) is 10.3. The van der Waals surface area contributed by atoms with Gasteiger partial charge >= 0.3 is 0 Å². The van der Waals surface area contributed by atoms with Crippen LogP contribution in [0.2, 0.25) is 5.02 Å². The minimum Gasteiger partial charge on any atom is -0.321 e. The van der Waals surface area contributed by atoms with Crippen LogP contribution in [0, 0.1) is 6.92 Å². The van der Waals surface area contributed by atoms with Crippen LogP contribution in [0.25, 0.3) is 11.3 Å². The fourth-order valence-electron chi connectivity index (χ4n) is 2.32. The molecule has 4 heteroatoms. The highest BCUT2D eigenvalue weighted by molar-refractivity contribution is 6.33. The van der Waals surface area contributed by atoms with Crippen LogP contribution in [-0.2, 0) is 0 Å². The van der Waals surface area contributed by atoms with Crippen molar-refractivity contribution in [2.45, 2.75) is 6.92 Å². The number of benzene rings is 2. The number of nitrogens with zero attached hydrogens (tertiary/aromatic N) is 1. The summed E-state index contributed by atoms with van der Waals surface area (Å²) >= 11 is 6.07. The number of amides is 1. The van der Waals surface area contributed by atoms with Gasteiger partial charge in [-0.3, -0.25) is 9.78 Å². The fourth-order valence-corrected chi connectivity index (χ4v) is 2.51. The first-order chi connectivity index (χ1) is 11.1. The van der Waals surface area contributed by atoms with Crippen molar-refractivity contribution in [2.75, 3.05) is 5.32 Å². The summed E-state index contributed by atoms with van der Waals surface area (Å²) in [6.45, 7) is 1.83. The van der Waals surface area contributed by atoms with Gasteiger partial charge in [-0.25, -0.2) is 0 Å². The standard InChI is InChI=1S/C19H15ClN2O/c1-13-15(19(23)22-18-10-6-5-9-16(18)20)11-12-17(21-13)14-7-3-2-4-8-14/h2-12H,1H3,(H,22,23). The highest BCUT2D eigenvalue weighted by Crippen LogP contribution is 2.23. The van der Waals surface area contributed by atoms with E-state index >= 15 is 0 Å². The number of carbonyl (C=O) groups excluding carboxylic acids is 1. The third-order valence-corrected chi connectivity index (χ3v) is 3.85. The lowest BCUT2D eigenvalue weighted by Crippen LogP contribution is -2.14. The Bertz CT molecular complexity index is 847. The van der Waals surface area contributed by atoms with Crippen molar-refractivity contribution in [3.8, 4) is 11.3 Å². The topological polar surface area (TPSA) is 42.0 Å². The first-order valence-electron chi connectivity index (χ1n) is 7.24. The average Bonchev–Trinajstić information content (AvgIpc) is 2.57. The minimum atomic E-state index is -0.220. The molecule has 23 heavy (non-hydrogen) atoms. The number of para-hydroxylation sites is 1. The molecule has 1 N–H and O–H groups in total. The van der Waals surface area contributed by atoms with E-state index < -0.39 is 0 Å². The van der Waals surface area contributed by atoms with Gasteiger partial charge in [0, 0.05) is 5.56 Å². The molecule has 0 aliphatic carbocycles. The third-order valence-electron chi connectivity index (χ3n) is 3.52. The van der Waals surface area contributed by atoms with Crippen LogP contribution >= 0.6 is 11.6 Å². The van der Waals surface area contributed by atoms with Crippen LogP contribution in [0.5, 0.6) is 0 Å². The maximum absolute atomic E-state index is 12.4. The van der Waals surface area contributed by atoms with E-state index in [9.17, 15) is 4.79 Å². The predicted octanol–water partition coefficient (Wildman–Crippen LogP) is 4.96. The zero-order chi connectivity index (χ0) is 16.2. The van der Waals surface area contributed by atoms with E-state index in [1.807, 2.05) is 55.5 Å². The van der Waals surface area contributed by atoms with Gasteiger partial charge in [0.05, 0.1) is 27.7 Å². The molecule has 0 atom stereocenters. The molecule has 2 aromatic carbocycles. The van der Waals surface area contributed by atoms with E-state index in [4.69, 9.17) is 11.6 Å². The van der Waals surface area contributed by atoms with Crippen LogP contribution < -0.4 is 5.32 Å². The quantitative estimate of drug-likeness (QED) is 0.740. The van der Waals surface area contributed by atoms with E-state index in [1.165, 1.54) is 0 Å². The Morgan fingerprint density at radius 3 is 2.35 bits per heavy atom. The van der Waals surface area contributed by atoms with E-state index in [0.717, 1.165) is 11.3 Å². The van der Waals surface area contributed by atoms with Crippen molar-refractivity contribution in [1.29, 1.82) is 0 Å². The molecule has 114 valence electrons. The molecule has 0 saturated heterocycles. The Labute approximate surface area is 140 Å². The molecular weight excluding hydrogens is 308 g/mol. The molecule has 3 rings (SSSR count). The van der Waals surface area contributed by atoms with Crippen molar-refractivity contribution in [1.82, 2.24) is 4.98 Å². The second-order valence-corrected chi connectivity index (χ2v) is 5.54. The van der Waals surface area contributed by atoms with E-state index in [0.29, 0.717) is 22.0 Å². The van der Waals surface area contributed by atoms with Crippen molar-refractivity contribution >= 4 is 23.2 Å². The van der Waals surface area contributed by atoms with Gasteiger partial charge < -0.3 is 5.32 Å². The van der Waals surface area contributed by atoms with Crippen LogP contribution in [0.1, 0.15) is 16.1 Å². The fraction of sp³-hybridized carbons (Fsp3) is 0.0526. The van der Waals surface area contributed by atoms with Gasteiger partial charge in [0.2, 0.25) is 0 Å². The van der Waals surface area contributed by atoms with Gasteiger partial charge in [0.25, 0.3) is 5.91 Å². The van der Waals surface area contributed by atoms with Gasteiger partial charge in [-0.1, -0.05) is 54.1 Å². The largest absolute Gasteiger partial charge is 0.321 e. The summed E-state index contributed by atoms with van der Waals surface area (Å²) in [5.41, 5.74) is 3.66. The third kappa shape index (κ3) is 3.41. The highest BCUT2D eigenvalue weighted by Gasteiger charge is 2.12. The van der Waals surface area contributed by atoms with E-state index in [1.54, 1.807) is 18.2 Å². The molecule has 1 aromatic heterocycles. The zero-order valence-corrected chi connectivity index (χ0v) is 13.3. The predicted molar refractivity (Wildman–Crippen MR) is 93.8 cm³/mol. The van der Waals surface area contributed by atoms with Crippen molar-refractivity contribution in [3.05, 3.63) is 83.0 Å².